The number of ether oxygens (including phenoxy) is 1. The van der Waals surface area contributed by atoms with Gasteiger partial charge in [0, 0.05) is 19.8 Å². The predicted octanol–water partition coefficient (Wildman–Crippen LogP) is 1.96. The minimum atomic E-state index is -0.744. The van der Waals surface area contributed by atoms with Crippen molar-refractivity contribution in [2.24, 2.45) is 5.73 Å². The van der Waals surface area contributed by atoms with E-state index in [1.165, 1.54) is 5.69 Å². The number of nitrogens with two attached hydrogens (primary N) is 1. The topological polar surface area (TPSA) is 55.6 Å². The zero-order valence-corrected chi connectivity index (χ0v) is 10.2. The molecule has 0 spiro atoms. The van der Waals surface area contributed by atoms with Crippen molar-refractivity contribution < 1.29 is 9.53 Å². The molecule has 0 radical (unpaired) electrons. The Morgan fingerprint density at radius 3 is 2.19 bits per heavy atom. The number of aryl methyl sites for hydroxylation is 2. The summed E-state index contributed by atoms with van der Waals surface area (Å²) in [5, 5.41) is 0. The fraction of sp³-hybridized carbons (Fsp3) is 0.417. The number of hydrogen-bond acceptors (Lipinski definition) is 3. The lowest BCUT2D eigenvalue weighted by Crippen LogP contribution is -2.14. The predicted molar refractivity (Wildman–Crippen MR) is 64.6 cm³/mol. The van der Waals surface area contributed by atoms with E-state index in [0.29, 0.717) is 0 Å². The van der Waals surface area contributed by atoms with Crippen LogP contribution in [0.1, 0.15) is 16.7 Å². The van der Waals surface area contributed by atoms with Crippen LogP contribution < -0.4 is 10.6 Å². The fourth-order valence-corrected chi connectivity index (χ4v) is 1.99. The minimum absolute atomic E-state index is 0.227. The van der Waals surface area contributed by atoms with Crippen LogP contribution in [-0.2, 0) is 11.3 Å². The van der Waals surface area contributed by atoms with Gasteiger partial charge in [0.25, 0.3) is 0 Å². The van der Waals surface area contributed by atoms with E-state index in [1.807, 2.05) is 40.1 Å². The van der Waals surface area contributed by atoms with E-state index in [4.69, 9.17) is 10.5 Å². The third-order valence-corrected chi connectivity index (χ3v) is 2.38. The maximum absolute atomic E-state index is 10.5. The van der Waals surface area contributed by atoms with Gasteiger partial charge in [-0.05, 0) is 30.5 Å². The van der Waals surface area contributed by atoms with Crippen LogP contribution in [0.25, 0.3) is 0 Å². The van der Waals surface area contributed by atoms with Gasteiger partial charge >= 0.3 is 6.09 Å². The van der Waals surface area contributed by atoms with Crippen molar-refractivity contribution in [3.8, 4) is 0 Å². The molecule has 0 saturated carbocycles. The van der Waals surface area contributed by atoms with E-state index < -0.39 is 6.09 Å². The summed E-state index contributed by atoms with van der Waals surface area (Å²) in [5.41, 5.74) is 9.40. The number of benzene rings is 1. The van der Waals surface area contributed by atoms with Gasteiger partial charge in [-0.3, -0.25) is 0 Å². The Hall–Kier alpha value is -1.71. The van der Waals surface area contributed by atoms with Crippen LogP contribution in [0.15, 0.2) is 12.1 Å². The first-order valence-electron chi connectivity index (χ1n) is 5.11. The highest BCUT2D eigenvalue weighted by Gasteiger charge is 2.07. The van der Waals surface area contributed by atoms with Gasteiger partial charge in [-0.2, -0.15) is 0 Å². The number of primary amides is 1. The lowest BCUT2D eigenvalue weighted by molar-refractivity contribution is 0.150. The first-order valence-corrected chi connectivity index (χ1v) is 5.11. The first kappa shape index (κ1) is 12.4. The van der Waals surface area contributed by atoms with Crippen LogP contribution in [0.3, 0.4) is 0 Å². The average molecular weight is 222 g/mol. The van der Waals surface area contributed by atoms with Gasteiger partial charge in [0.05, 0.1) is 0 Å². The van der Waals surface area contributed by atoms with Gasteiger partial charge < -0.3 is 15.4 Å². The first-order chi connectivity index (χ1) is 7.41. The monoisotopic (exact) mass is 222 g/mol. The second kappa shape index (κ2) is 4.88. The smallest absolute Gasteiger partial charge is 0.404 e. The van der Waals surface area contributed by atoms with Crippen LogP contribution in [0.5, 0.6) is 0 Å². The maximum Gasteiger partial charge on any atom is 0.404 e. The molecule has 0 aliphatic heterocycles. The Balaban J connectivity index is 2.96. The highest BCUT2D eigenvalue weighted by Crippen LogP contribution is 2.24. The van der Waals surface area contributed by atoms with Gasteiger partial charge in [-0.25, -0.2) is 4.79 Å². The molecule has 88 valence electrons. The average Bonchev–Trinajstić information content (AvgIpc) is 2.12. The summed E-state index contributed by atoms with van der Waals surface area (Å²) in [5.74, 6) is 0. The van der Waals surface area contributed by atoms with Crippen molar-refractivity contribution in [2.45, 2.75) is 20.5 Å². The van der Waals surface area contributed by atoms with Crippen molar-refractivity contribution in [3.05, 3.63) is 28.8 Å². The largest absolute Gasteiger partial charge is 0.445 e. The number of hydrogen-bond donors (Lipinski definition) is 1. The summed E-state index contributed by atoms with van der Waals surface area (Å²) in [4.78, 5) is 12.6. The van der Waals surface area contributed by atoms with Gasteiger partial charge in [-0.15, -0.1) is 0 Å². The second-order valence-electron chi connectivity index (χ2n) is 4.08. The summed E-state index contributed by atoms with van der Waals surface area (Å²) in [6.07, 6.45) is -0.744. The van der Waals surface area contributed by atoms with E-state index >= 15 is 0 Å². The third kappa shape index (κ3) is 2.89. The maximum atomic E-state index is 10.5. The Kier molecular flexibility index (Phi) is 3.77. The molecule has 0 saturated heterocycles. The number of carbonyl (C=O) groups is 1. The lowest BCUT2D eigenvalue weighted by Gasteiger charge is -2.19. The van der Waals surface area contributed by atoms with Crippen molar-refractivity contribution in [1.82, 2.24) is 0 Å². The zero-order valence-electron chi connectivity index (χ0n) is 10.2. The minimum Gasteiger partial charge on any atom is -0.445 e. The Morgan fingerprint density at radius 2 is 1.81 bits per heavy atom. The van der Waals surface area contributed by atoms with Crippen LogP contribution >= 0.6 is 0 Å². The molecule has 1 aromatic carbocycles. The Bertz CT molecular complexity index is 377. The zero-order chi connectivity index (χ0) is 12.3. The number of carbonyl (C=O) groups excluding carboxylic acids is 1. The van der Waals surface area contributed by atoms with E-state index in [0.717, 1.165) is 16.7 Å². The normalized spacial score (nSPS) is 10.0. The van der Waals surface area contributed by atoms with Gasteiger partial charge in [0.1, 0.15) is 6.61 Å². The summed E-state index contributed by atoms with van der Waals surface area (Å²) in [7, 11) is 4.02. The summed E-state index contributed by atoms with van der Waals surface area (Å²) < 4.78 is 4.76. The molecule has 16 heavy (non-hydrogen) atoms. The Labute approximate surface area is 96.0 Å². The van der Waals surface area contributed by atoms with Gasteiger partial charge in [0.2, 0.25) is 0 Å². The van der Waals surface area contributed by atoms with E-state index in [1.54, 1.807) is 0 Å². The van der Waals surface area contributed by atoms with Crippen LogP contribution in [0.2, 0.25) is 0 Å². The van der Waals surface area contributed by atoms with Crippen molar-refractivity contribution >= 4 is 11.8 Å². The van der Waals surface area contributed by atoms with Gasteiger partial charge in [-0.1, -0.05) is 12.1 Å². The number of nitrogens with zero attached hydrogens (tertiary/aromatic N) is 1. The van der Waals surface area contributed by atoms with Crippen molar-refractivity contribution in [3.63, 3.8) is 0 Å². The van der Waals surface area contributed by atoms with Crippen LogP contribution in [0, 0.1) is 13.8 Å². The number of anilines is 1. The van der Waals surface area contributed by atoms with Crippen molar-refractivity contribution in [1.29, 1.82) is 0 Å². The van der Waals surface area contributed by atoms with Crippen molar-refractivity contribution in [2.75, 3.05) is 19.0 Å². The molecule has 0 aliphatic rings. The molecule has 4 nitrogen and oxygen atoms in total. The SMILES string of the molecule is Cc1cc(COC(N)=O)cc(C)c1N(C)C. The molecule has 0 fully saturated rings. The summed E-state index contributed by atoms with van der Waals surface area (Å²) in [6.45, 7) is 4.30. The standard InChI is InChI=1S/C12H18N2O2/c1-8-5-10(7-16-12(13)15)6-9(2)11(8)14(3)4/h5-6H,7H2,1-4H3,(H2,13,15). The van der Waals surface area contributed by atoms with E-state index in [2.05, 4.69) is 4.90 Å². The lowest BCUT2D eigenvalue weighted by atomic mass is 10.0. The molecule has 2 N–H and O–H groups in total. The molecule has 1 amide bonds. The van der Waals surface area contributed by atoms with E-state index in [-0.39, 0.29) is 6.61 Å². The molecule has 4 heteroatoms. The molecule has 1 aromatic rings. The molecular weight excluding hydrogens is 204 g/mol. The Morgan fingerprint density at radius 1 is 1.31 bits per heavy atom. The number of rotatable bonds is 3. The molecule has 0 heterocycles. The highest BCUT2D eigenvalue weighted by molar-refractivity contribution is 5.65. The summed E-state index contributed by atoms with van der Waals surface area (Å²) >= 11 is 0. The fourth-order valence-electron chi connectivity index (χ4n) is 1.99. The second-order valence-corrected chi connectivity index (χ2v) is 4.08. The van der Waals surface area contributed by atoms with Crippen LogP contribution in [0.4, 0.5) is 10.5 Å². The quantitative estimate of drug-likeness (QED) is 0.850. The molecule has 0 bridgehead atoms. The molecule has 0 aliphatic carbocycles. The molecular formula is C12H18N2O2. The third-order valence-electron chi connectivity index (χ3n) is 2.38. The number of amides is 1. The molecule has 0 unspecified atom stereocenters. The van der Waals surface area contributed by atoms with E-state index in [9.17, 15) is 4.79 Å². The molecule has 1 rings (SSSR count). The van der Waals surface area contributed by atoms with Crippen LogP contribution in [-0.4, -0.2) is 20.2 Å². The molecule has 0 atom stereocenters. The highest BCUT2D eigenvalue weighted by atomic mass is 16.5. The molecule has 0 aromatic heterocycles. The van der Waals surface area contributed by atoms with Gasteiger partial charge in [0.15, 0.2) is 0 Å². The summed E-state index contributed by atoms with van der Waals surface area (Å²) in [6, 6.07) is 4.01.